The molecule has 0 saturated carbocycles. The van der Waals surface area contributed by atoms with E-state index >= 15 is 0 Å². The minimum absolute atomic E-state index is 0.0143. The number of hydrogen-bond donors (Lipinski definition) is 2. The van der Waals surface area contributed by atoms with Gasteiger partial charge in [0, 0.05) is 20.5 Å². The second kappa shape index (κ2) is 5.33. The first-order valence-corrected chi connectivity index (χ1v) is 6.50. The van der Waals surface area contributed by atoms with Gasteiger partial charge in [0.05, 0.1) is 0 Å². The van der Waals surface area contributed by atoms with Crippen LogP contribution in [0.25, 0.3) is 0 Å². The zero-order valence-corrected chi connectivity index (χ0v) is 11.3. The normalized spacial score (nSPS) is 10.2. The smallest absolute Gasteiger partial charge is 0.141 e. The van der Waals surface area contributed by atoms with Crippen LogP contribution in [0.4, 0.5) is 0 Å². The third kappa shape index (κ3) is 3.08. The van der Waals surface area contributed by atoms with Crippen LogP contribution in [0.1, 0.15) is 5.69 Å². The fourth-order valence-electron chi connectivity index (χ4n) is 1.28. The highest BCUT2D eigenvalue weighted by molar-refractivity contribution is 9.10. The monoisotopic (exact) mass is 307 g/mol. The van der Waals surface area contributed by atoms with Crippen LogP contribution in [0.2, 0.25) is 0 Å². The van der Waals surface area contributed by atoms with Crippen molar-refractivity contribution in [3.05, 3.63) is 52.8 Å². The number of hydrogen-bond acceptors (Lipinski definition) is 3. The van der Waals surface area contributed by atoms with Gasteiger partial charge in [-0.25, -0.2) is 0 Å². The van der Waals surface area contributed by atoms with E-state index in [0.29, 0.717) is 5.69 Å². The molecule has 1 aromatic heterocycles. The molecule has 1 aromatic carbocycles. The van der Waals surface area contributed by atoms with Gasteiger partial charge in [-0.2, -0.15) is 0 Å². The van der Waals surface area contributed by atoms with Crippen molar-refractivity contribution in [2.75, 3.05) is 0 Å². The number of nitrogens with one attached hydrogen (secondary N) is 1. The minimum atomic E-state index is -0.0143. The average Bonchev–Trinajstić information content (AvgIpc) is 2.32. The molecule has 17 heavy (non-hydrogen) atoms. The molecule has 0 unspecified atom stereocenters. The van der Waals surface area contributed by atoms with Crippen LogP contribution in [0, 0.1) is 5.41 Å². The topological polar surface area (TPSA) is 62.8 Å². The largest absolute Gasteiger partial charge is 0.382 e. The minimum Gasteiger partial charge on any atom is -0.382 e. The Morgan fingerprint density at radius 2 is 2.06 bits per heavy atom. The van der Waals surface area contributed by atoms with Gasteiger partial charge in [-0.1, -0.05) is 23.9 Å². The number of pyridine rings is 1. The first-order valence-electron chi connectivity index (χ1n) is 4.89. The molecule has 0 saturated heterocycles. The number of nitrogen functional groups attached to an aromatic ring is 1. The Morgan fingerprint density at radius 3 is 2.76 bits per heavy atom. The maximum absolute atomic E-state index is 7.35. The zero-order valence-electron chi connectivity index (χ0n) is 8.85. The van der Waals surface area contributed by atoms with Crippen molar-refractivity contribution in [1.29, 1.82) is 5.41 Å². The molecule has 2 rings (SSSR count). The Labute approximate surface area is 112 Å². The van der Waals surface area contributed by atoms with E-state index in [-0.39, 0.29) is 5.84 Å². The Kier molecular flexibility index (Phi) is 3.81. The van der Waals surface area contributed by atoms with Crippen molar-refractivity contribution in [1.82, 2.24) is 4.98 Å². The van der Waals surface area contributed by atoms with Crippen LogP contribution in [0.15, 0.2) is 56.9 Å². The standard InChI is InChI=1S/C12H10BrN3S/c13-9-3-1-2-4-11(9)17-8-5-6-16-10(7-8)12(14)15/h1-7H,(H3,14,15). The van der Waals surface area contributed by atoms with Crippen molar-refractivity contribution in [2.45, 2.75) is 9.79 Å². The number of amidine groups is 1. The Morgan fingerprint density at radius 1 is 1.29 bits per heavy atom. The lowest BCUT2D eigenvalue weighted by atomic mass is 10.3. The number of nitrogens with two attached hydrogens (primary N) is 1. The van der Waals surface area contributed by atoms with Crippen molar-refractivity contribution in [2.24, 2.45) is 5.73 Å². The summed E-state index contributed by atoms with van der Waals surface area (Å²) in [5, 5.41) is 7.35. The molecule has 0 aliphatic rings. The highest BCUT2D eigenvalue weighted by Gasteiger charge is 2.04. The predicted molar refractivity (Wildman–Crippen MR) is 73.5 cm³/mol. The number of rotatable bonds is 3. The number of benzene rings is 1. The Bertz CT molecular complexity index is 557. The summed E-state index contributed by atoms with van der Waals surface area (Å²) in [6, 6.07) is 11.7. The van der Waals surface area contributed by atoms with Gasteiger partial charge in [0.2, 0.25) is 0 Å². The SMILES string of the molecule is N=C(N)c1cc(Sc2ccccc2Br)ccn1. The van der Waals surface area contributed by atoms with Gasteiger partial charge >= 0.3 is 0 Å². The molecule has 1 heterocycles. The lowest BCUT2D eigenvalue weighted by molar-refractivity contribution is 1.21. The maximum atomic E-state index is 7.35. The van der Waals surface area contributed by atoms with E-state index in [2.05, 4.69) is 20.9 Å². The number of nitrogens with zero attached hydrogens (tertiary/aromatic N) is 1. The molecule has 0 aliphatic carbocycles. The summed E-state index contributed by atoms with van der Waals surface area (Å²) in [6.45, 7) is 0. The lowest BCUT2D eigenvalue weighted by Gasteiger charge is -2.05. The van der Waals surface area contributed by atoms with Gasteiger partial charge < -0.3 is 5.73 Å². The summed E-state index contributed by atoms with van der Waals surface area (Å²) in [5.74, 6) is -0.0143. The summed E-state index contributed by atoms with van der Waals surface area (Å²) in [4.78, 5) is 6.16. The van der Waals surface area contributed by atoms with Crippen LogP contribution in [-0.4, -0.2) is 10.8 Å². The molecule has 0 fully saturated rings. The van der Waals surface area contributed by atoms with E-state index in [9.17, 15) is 0 Å². The van der Waals surface area contributed by atoms with Crippen LogP contribution in [-0.2, 0) is 0 Å². The van der Waals surface area contributed by atoms with E-state index in [1.807, 2.05) is 36.4 Å². The van der Waals surface area contributed by atoms with Gasteiger partial charge in [0.1, 0.15) is 11.5 Å². The van der Waals surface area contributed by atoms with Crippen LogP contribution < -0.4 is 5.73 Å². The van der Waals surface area contributed by atoms with E-state index in [1.165, 1.54) is 0 Å². The van der Waals surface area contributed by atoms with Crippen molar-refractivity contribution in [3.8, 4) is 0 Å². The predicted octanol–water partition coefficient (Wildman–Crippen LogP) is 3.28. The molecule has 0 aliphatic heterocycles. The average molecular weight is 308 g/mol. The Hall–Kier alpha value is -1.33. The second-order valence-electron chi connectivity index (χ2n) is 3.32. The molecule has 0 radical (unpaired) electrons. The van der Waals surface area contributed by atoms with Crippen LogP contribution >= 0.6 is 27.7 Å². The fraction of sp³-hybridized carbons (Fsp3) is 0. The molecule has 2 aromatic rings. The molecule has 5 heteroatoms. The van der Waals surface area contributed by atoms with E-state index < -0.39 is 0 Å². The second-order valence-corrected chi connectivity index (χ2v) is 5.29. The van der Waals surface area contributed by atoms with E-state index in [4.69, 9.17) is 11.1 Å². The summed E-state index contributed by atoms with van der Waals surface area (Å²) >= 11 is 5.10. The van der Waals surface area contributed by atoms with Crippen LogP contribution in [0.3, 0.4) is 0 Å². The van der Waals surface area contributed by atoms with Crippen molar-refractivity contribution in [3.63, 3.8) is 0 Å². The molecule has 0 atom stereocenters. The van der Waals surface area contributed by atoms with Crippen molar-refractivity contribution >= 4 is 33.5 Å². The van der Waals surface area contributed by atoms with Gasteiger partial charge in [0.25, 0.3) is 0 Å². The molecular weight excluding hydrogens is 298 g/mol. The fourth-order valence-corrected chi connectivity index (χ4v) is 2.67. The summed E-state index contributed by atoms with van der Waals surface area (Å²) in [5.41, 5.74) is 5.91. The first kappa shape index (κ1) is 12.1. The van der Waals surface area contributed by atoms with E-state index in [0.717, 1.165) is 14.3 Å². The van der Waals surface area contributed by atoms with Gasteiger partial charge in [-0.05, 0) is 40.2 Å². The highest BCUT2D eigenvalue weighted by atomic mass is 79.9. The quantitative estimate of drug-likeness (QED) is 0.675. The number of aromatic nitrogens is 1. The summed E-state index contributed by atoms with van der Waals surface area (Å²) in [7, 11) is 0. The summed E-state index contributed by atoms with van der Waals surface area (Å²) in [6.07, 6.45) is 1.66. The number of halogens is 1. The highest BCUT2D eigenvalue weighted by Crippen LogP contribution is 2.33. The van der Waals surface area contributed by atoms with Crippen molar-refractivity contribution < 1.29 is 0 Å². The molecule has 0 spiro atoms. The zero-order chi connectivity index (χ0) is 12.3. The third-order valence-corrected chi connectivity index (χ3v) is 4.09. The van der Waals surface area contributed by atoms with E-state index in [1.54, 1.807) is 18.0 Å². The molecule has 0 amide bonds. The van der Waals surface area contributed by atoms with Gasteiger partial charge in [-0.15, -0.1) is 0 Å². The van der Waals surface area contributed by atoms with Gasteiger partial charge in [0.15, 0.2) is 0 Å². The summed E-state index contributed by atoms with van der Waals surface area (Å²) < 4.78 is 1.05. The third-order valence-electron chi connectivity index (χ3n) is 2.07. The lowest BCUT2D eigenvalue weighted by Crippen LogP contribution is -2.12. The molecule has 0 bridgehead atoms. The van der Waals surface area contributed by atoms with Crippen LogP contribution in [0.5, 0.6) is 0 Å². The molecule has 3 nitrogen and oxygen atoms in total. The molecule has 86 valence electrons. The maximum Gasteiger partial charge on any atom is 0.141 e. The van der Waals surface area contributed by atoms with Gasteiger partial charge in [-0.3, -0.25) is 10.4 Å². The Balaban J connectivity index is 2.28. The molecular formula is C12H10BrN3S. The molecule has 3 N–H and O–H groups in total. The first-order chi connectivity index (χ1) is 8.16.